The average molecular weight is 267 g/mol. The summed E-state index contributed by atoms with van der Waals surface area (Å²) in [5.74, 6) is -2.04. The number of hydrogen-bond donors (Lipinski definition) is 1. The maximum Gasteiger partial charge on any atom is 0.176 e. The van der Waals surface area contributed by atoms with Gasteiger partial charge in [0.05, 0.1) is 5.56 Å². The number of rotatable bonds is 3. The van der Waals surface area contributed by atoms with Crippen molar-refractivity contribution in [3.05, 3.63) is 35.4 Å². The Morgan fingerprint density at radius 3 is 2.11 bits per heavy atom. The van der Waals surface area contributed by atoms with E-state index < -0.39 is 28.4 Å². The molecule has 0 bridgehead atoms. The molecule has 0 amide bonds. The maximum absolute atomic E-state index is 13.8. The van der Waals surface area contributed by atoms with Gasteiger partial charge in [0.25, 0.3) is 0 Å². The van der Waals surface area contributed by atoms with E-state index in [4.69, 9.17) is 5.73 Å². The van der Waals surface area contributed by atoms with E-state index in [1.807, 2.05) is 0 Å². The summed E-state index contributed by atoms with van der Waals surface area (Å²) in [5, 5.41) is 0. The van der Waals surface area contributed by atoms with E-state index in [0.717, 1.165) is 37.8 Å². The highest BCUT2D eigenvalue weighted by Crippen LogP contribution is 2.38. The normalized spacial score (nSPS) is 18.9. The second-order valence-electron chi connectivity index (χ2n) is 5.32. The molecule has 1 aliphatic rings. The summed E-state index contributed by atoms with van der Waals surface area (Å²) in [5.41, 5.74) is 4.57. The van der Waals surface area contributed by atoms with Crippen LogP contribution in [-0.2, 0) is 0 Å². The highest BCUT2D eigenvalue weighted by molar-refractivity contribution is 6.01. The second kappa shape index (κ2) is 5.78. The van der Waals surface area contributed by atoms with Crippen LogP contribution in [0.3, 0.4) is 0 Å². The smallest absolute Gasteiger partial charge is 0.176 e. The number of hydrogen-bond acceptors (Lipinski definition) is 2. The van der Waals surface area contributed by atoms with Crippen molar-refractivity contribution in [3.63, 3.8) is 0 Å². The van der Waals surface area contributed by atoms with Crippen molar-refractivity contribution in [1.29, 1.82) is 0 Å². The lowest BCUT2D eigenvalue weighted by Crippen LogP contribution is -2.39. The van der Waals surface area contributed by atoms with E-state index in [-0.39, 0.29) is 6.54 Å². The molecule has 0 aliphatic heterocycles. The predicted octanol–water partition coefficient (Wildman–Crippen LogP) is 3.45. The number of halogens is 2. The molecule has 0 aromatic heterocycles. The molecule has 1 aromatic carbocycles. The first-order valence-electron chi connectivity index (χ1n) is 6.80. The van der Waals surface area contributed by atoms with Crippen LogP contribution in [0.2, 0.25) is 0 Å². The molecule has 0 heterocycles. The monoisotopic (exact) mass is 267 g/mol. The fourth-order valence-corrected chi connectivity index (χ4v) is 2.91. The topological polar surface area (TPSA) is 43.1 Å². The van der Waals surface area contributed by atoms with E-state index in [0.29, 0.717) is 12.8 Å². The summed E-state index contributed by atoms with van der Waals surface area (Å²) in [6.45, 7) is 0.152. The van der Waals surface area contributed by atoms with Gasteiger partial charge in [-0.1, -0.05) is 31.7 Å². The molecule has 1 saturated carbocycles. The highest BCUT2D eigenvalue weighted by atomic mass is 19.1. The summed E-state index contributed by atoms with van der Waals surface area (Å²) < 4.78 is 27.5. The quantitative estimate of drug-likeness (QED) is 0.673. The van der Waals surface area contributed by atoms with Gasteiger partial charge in [-0.25, -0.2) is 8.78 Å². The molecule has 2 N–H and O–H groups in total. The van der Waals surface area contributed by atoms with Crippen LogP contribution in [0, 0.1) is 17.0 Å². The molecule has 1 aliphatic carbocycles. The van der Waals surface area contributed by atoms with Crippen molar-refractivity contribution in [2.24, 2.45) is 11.1 Å². The molecule has 2 nitrogen and oxygen atoms in total. The highest BCUT2D eigenvalue weighted by Gasteiger charge is 2.39. The molecule has 1 aromatic rings. The Bertz CT molecular complexity index is 445. The van der Waals surface area contributed by atoms with E-state index in [2.05, 4.69) is 0 Å². The molecule has 0 radical (unpaired) electrons. The lowest BCUT2D eigenvalue weighted by molar-refractivity contribution is 0.0764. The third-order valence-electron chi connectivity index (χ3n) is 4.12. The molecule has 4 heteroatoms. The molecule has 0 unspecified atom stereocenters. The molecule has 1 fully saturated rings. The number of ketones is 1. The van der Waals surface area contributed by atoms with Gasteiger partial charge in [-0.3, -0.25) is 4.79 Å². The minimum atomic E-state index is -0.792. The van der Waals surface area contributed by atoms with Crippen LogP contribution >= 0.6 is 0 Å². The first kappa shape index (κ1) is 14.1. The average Bonchev–Trinajstić information content (AvgIpc) is 2.64. The van der Waals surface area contributed by atoms with Crippen LogP contribution in [0.15, 0.2) is 18.2 Å². The SMILES string of the molecule is NCC1(C(=O)c2c(F)cccc2F)CCCCCC1. The Labute approximate surface area is 112 Å². The second-order valence-corrected chi connectivity index (χ2v) is 5.32. The van der Waals surface area contributed by atoms with E-state index in [9.17, 15) is 13.6 Å². The van der Waals surface area contributed by atoms with Crippen LogP contribution in [0.1, 0.15) is 48.9 Å². The van der Waals surface area contributed by atoms with Crippen LogP contribution in [0.25, 0.3) is 0 Å². The molecule has 0 saturated heterocycles. The van der Waals surface area contributed by atoms with Crippen LogP contribution in [-0.4, -0.2) is 12.3 Å². The molecular weight excluding hydrogens is 248 g/mol. The van der Waals surface area contributed by atoms with Gasteiger partial charge in [0.15, 0.2) is 5.78 Å². The zero-order chi connectivity index (χ0) is 13.9. The molecule has 2 rings (SSSR count). The Kier molecular flexibility index (Phi) is 4.30. The van der Waals surface area contributed by atoms with Crippen molar-refractivity contribution in [3.8, 4) is 0 Å². The fraction of sp³-hybridized carbons (Fsp3) is 0.533. The Morgan fingerprint density at radius 1 is 1.11 bits per heavy atom. The van der Waals surface area contributed by atoms with Crippen molar-refractivity contribution < 1.29 is 13.6 Å². The van der Waals surface area contributed by atoms with Gasteiger partial charge in [0.2, 0.25) is 0 Å². The number of nitrogens with two attached hydrogens (primary N) is 1. The Balaban J connectivity index is 2.40. The molecule has 0 spiro atoms. The van der Waals surface area contributed by atoms with Gasteiger partial charge in [-0.2, -0.15) is 0 Å². The third-order valence-corrected chi connectivity index (χ3v) is 4.12. The zero-order valence-electron chi connectivity index (χ0n) is 10.9. The van der Waals surface area contributed by atoms with E-state index >= 15 is 0 Å². The minimum Gasteiger partial charge on any atom is -0.329 e. The number of Topliss-reactive ketones (excluding diaryl/α,β-unsaturated/α-hetero) is 1. The third kappa shape index (κ3) is 2.68. The van der Waals surface area contributed by atoms with Crippen molar-refractivity contribution in [2.75, 3.05) is 6.54 Å². The summed E-state index contributed by atoms with van der Waals surface area (Å²) in [6.07, 6.45) is 5.12. The lowest BCUT2D eigenvalue weighted by atomic mass is 9.74. The molecule has 0 atom stereocenters. The largest absolute Gasteiger partial charge is 0.329 e. The van der Waals surface area contributed by atoms with Crippen molar-refractivity contribution in [1.82, 2.24) is 0 Å². The first-order chi connectivity index (χ1) is 9.10. The van der Waals surface area contributed by atoms with Gasteiger partial charge in [0.1, 0.15) is 11.6 Å². The fourth-order valence-electron chi connectivity index (χ4n) is 2.91. The number of benzene rings is 1. The van der Waals surface area contributed by atoms with Crippen LogP contribution < -0.4 is 5.73 Å². The minimum absolute atomic E-state index is 0.152. The van der Waals surface area contributed by atoms with E-state index in [1.54, 1.807) is 0 Å². The van der Waals surface area contributed by atoms with E-state index in [1.165, 1.54) is 6.07 Å². The van der Waals surface area contributed by atoms with Crippen LogP contribution in [0.4, 0.5) is 8.78 Å². The van der Waals surface area contributed by atoms with Gasteiger partial charge in [0, 0.05) is 12.0 Å². The number of carbonyl (C=O) groups excluding carboxylic acids is 1. The van der Waals surface area contributed by atoms with Gasteiger partial charge >= 0.3 is 0 Å². The van der Waals surface area contributed by atoms with Crippen molar-refractivity contribution in [2.45, 2.75) is 38.5 Å². The molecular formula is C15H19F2NO. The molecule has 19 heavy (non-hydrogen) atoms. The molecule has 104 valence electrons. The lowest BCUT2D eigenvalue weighted by Gasteiger charge is -2.30. The summed E-state index contributed by atoms with van der Waals surface area (Å²) in [6, 6.07) is 3.51. The first-order valence-corrected chi connectivity index (χ1v) is 6.80. The van der Waals surface area contributed by atoms with Gasteiger partial charge in [-0.05, 0) is 25.0 Å². The van der Waals surface area contributed by atoms with Gasteiger partial charge < -0.3 is 5.73 Å². The van der Waals surface area contributed by atoms with Crippen LogP contribution in [0.5, 0.6) is 0 Å². The predicted molar refractivity (Wildman–Crippen MR) is 69.9 cm³/mol. The summed E-state index contributed by atoms with van der Waals surface area (Å²) >= 11 is 0. The summed E-state index contributed by atoms with van der Waals surface area (Å²) in [7, 11) is 0. The Morgan fingerprint density at radius 2 is 1.63 bits per heavy atom. The zero-order valence-corrected chi connectivity index (χ0v) is 10.9. The Hall–Kier alpha value is -1.29. The standard InChI is InChI=1S/C15H19F2NO/c16-11-6-5-7-12(17)13(11)14(19)15(10-18)8-3-1-2-4-9-15/h5-7H,1-4,8-10,18H2. The van der Waals surface area contributed by atoms with Gasteiger partial charge in [-0.15, -0.1) is 0 Å². The summed E-state index contributed by atoms with van der Waals surface area (Å²) in [4.78, 5) is 12.6. The van der Waals surface area contributed by atoms with Crippen molar-refractivity contribution >= 4 is 5.78 Å². The maximum atomic E-state index is 13.8. The number of carbonyl (C=O) groups is 1.